The van der Waals surface area contributed by atoms with E-state index >= 15 is 0 Å². The zero-order valence-electron chi connectivity index (χ0n) is 11.0. The van der Waals surface area contributed by atoms with Crippen LogP contribution >= 0.6 is 0 Å². The Hall–Kier alpha value is -1.81. The van der Waals surface area contributed by atoms with Gasteiger partial charge >= 0.3 is 0 Å². The van der Waals surface area contributed by atoms with Gasteiger partial charge in [0.25, 0.3) is 5.92 Å². The van der Waals surface area contributed by atoms with Crippen LogP contribution in [-0.4, -0.2) is 13.1 Å². The Morgan fingerprint density at radius 2 is 1.55 bits per heavy atom. The Morgan fingerprint density at radius 3 is 2.25 bits per heavy atom. The predicted octanol–water partition coefficient (Wildman–Crippen LogP) is 3.75. The standard InChI is InChI=1S/C16H16F3N/c17-15-9-5-4-6-13(15)10-11-20-12-16(18,19)14-7-2-1-3-8-14/h1-9,20H,10-12H2. The lowest BCUT2D eigenvalue weighted by atomic mass is 10.1. The first-order valence-electron chi connectivity index (χ1n) is 6.47. The lowest BCUT2D eigenvalue weighted by Crippen LogP contribution is -2.32. The SMILES string of the molecule is Fc1ccccc1CCNCC(F)(F)c1ccccc1. The molecule has 1 nitrogen and oxygen atoms in total. The molecular formula is C16H16F3N. The molecule has 0 atom stereocenters. The minimum Gasteiger partial charge on any atom is -0.311 e. The average molecular weight is 279 g/mol. The zero-order valence-corrected chi connectivity index (χ0v) is 11.0. The highest BCUT2D eigenvalue weighted by atomic mass is 19.3. The van der Waals surface area contributed by atoms with Gasteiger partial charge in [-0.1, -0.05) is 48.5 Å². The maximum Gasteiger partial charge on any atom is 0.285 e. The van der Waals surface area contributed by atoms with Gasteiger partial charge in [-0.3, -0.25) is 0 Å². The van der Waals surface area contributed by atoms with E-state index in [1.807, 2.05) is 0 Å². The Bertz CT molecular complexity index is 540. The molecule has 0 aliphatic heterocycles. The minimum atomic E-state index is -2.92. The number of alkyl halides is 2. The average Bonchev–Trinajstić information content (AvgIpc) is 2.46. The summed E-state index contributed by atoms with van der Waals surface area (Å²) >= 11 is 0. The van der Waals surface area contributed by atoms with E-state index in [2.05, 4.69) is 5.32 Å². The molecule has 0 spiro atoms. The second kappa shape index (κ2) is 6.57. The van der Waals surface area contributed by atoms with Gasteiger partial charge in [0.05, 0.1) is 6.54 Å². The van der Waals surface area contributed by atoms with Crippen LogP contribution in [0.2, 0.25) is 0 Å². The molecule has 1 N–H and O–H groups in total. The predicted molar refractivity (Wildman–Crippen MR) is 73.3 cm³/mol. The van der Waals surface area contributed by atoms with Crippen molar-refractivity contribution in [1.82, 2.24) is 5.32 Å². The first kappa shape index (κ1) is 14.6. The van der Waals surface area contributed by atoms with E-state index in [1.54, 1.807) is 36.4 Å². The topological polar surface area (TPSA) is 12.0 Å². The van der Waals surface area contributed by atoms with Crippen LogP contribution < -0.4 is 5.32 Å². The van der Waals surface area contributed by atoms with Crippen LogP contribution in [0.1, 0.15) is 11.1 Å². The number of rotatable bonds is 6. The minimum absolute atomic E-state index is 0.0154. The molecular weight excluding hydrogens is 263 g/mol. The summed E-state index contributed by atoms with van der Waals surface area (Å²) in [5, 5.41) is 2.68. The summed E-state index contributed by atoms with van der Waals surface area (Å²) in [5.41, 5.74) is 0.515. The Morgan fingerprint density at radius 1 is 0.900 bits per heavy atom. The molecule has 0 fully saturated rings. The van der Waals surface area contributed by atoms with Gasteiger partial charge in [0, 0.05) is 5.56 Å². The maximum atomic E-state index is 13.8. The van der Waals surface area contributed by atoms with E-state index in [0.717, 1.165) is 0 Å². The molecule has 0 saturated heterocycles. The van der Waals surface area contributed by atoms with Crippen molar-refractivity contribution >= 4 is 0 Å². The van der Waals surface area contributed by atoms with Crippen molar-refractivity contribution in [2.75, 3.05) is 13.1 Å². The molecule has 0 unspecified atom stereocenters. The first-order chi connectivity index (χ1) is 9.59. The van der Waals surface area contributed by atoms with Crippen molar-refractivity contribution < 1.29 is 13.2 Å². The molecule has 2 rings (SSSR count). The number of hydrogen-bond acceptors (Lipinski definition) is 1. The molecule has 0 bridgehead atoms. The molecule has 0 radical (unpaired) electrons. The fourth-order valence-electron chi connectivity index (χ4n) is 1.95. The zero-order chi connectivity index (χ0) is 14.4. The third kappa shape index (κ3) is 3.84. The van der Waals surface area contributed by atoms with Gasteiger partial charge in [-0.05, 0) is 24.6 Å². The van der Waals surface area contributed by atoms with Gasteiger partial charge in [0.1, 0.15) is 5.82 Å². The van der Waals surface area contributed by atoms with Gasteiger partial charge in [-0.15, -0.1) is 0 Å². The third-order valence-corrected chi connectivity index (χ3v) is 3.07. The quantitative estimate of drug-likeness (QED) is 0.794. The molecule has 2 aromatic carbocycles. The summed E-state index contributed by atoms with van der Waals surface area (Å²) in [7, 11) is 0. The fraction of sp³-hybridized carbons (Fsp3) is 0.250. The monoisotopic (exact) mass is 279 g/mol. The van der Waals surface area contributed by atoms with Crippen LogP contribution in [0.3, 0.4) is 0 Å². The Labute approximate surface area is 116 Å². The summed E-state index contributed by atoms with van der Waals surface area (Å²) < 4.78 is 41.0. The summed E-state index contributed by atoms with van der Waals surface area (Å²) in [4.78, 5) is 0. The van der Waals surface area contributed by atoms with Gasteiger partial charge in [-0.2, -0.15) is 8.78 Å². The van der Waals surface area contributed by atoms with Gasteiger partial charge in [0.15, 0.2) is 0 Å². The fourth-order valence-corrected chi connectivity index (χ4v) is 1.95. The lowest BCUT2D eigenvalue weighted by molar-refractivity contribution is -0.00286. The number of benzene rings is 2. The highest BCUT2D eigenvalue weighted by Gasteiger charge is 2.30. The van der Waals surface area contributed by atoms with Gasteiger partial charge in [-0.25, -0.2) is 4.39 Å². The van der Waals surface area contributed by atoms with E-state index < -0.39 is 12.5 Å². The van der Waals surface area contributed by atoms with Gasteiger partial charge in [0.2, 0.25) is 0 Å². The van der Waals surface area contributed by atoms with Crippen molar-refractivity contribution in [2.24, 2.45) is 0 Å². The van der Waals surface area contributed by atoms with Crippen LogP contribution in [0.15, 0.2) is 54.6 Å². The normalized spacial score (nSPS) is 11.6. The van der Waals surface area contributed by atoms with Crippen LogP contribution in [0.4, 0.5) is 13.2 Å². The molecule has 0 aliphatic rings. The smallest absolute Gasteiger partial charge is 0.285 e. The highest BCUT2D eigenvalue weighted by Crippen LogP contribution is 2.26. The lowest BCUT2D eigenvalue weighted by Gasteiger charge is -2.17. The van der Waals surface area contributed by atoms with E-state index in [0.29, 0.717) is 18.5 Å². The molecule has 0 aliphatic carbocycles. The Kier molecular flexibility index (Phi) is 4.79. The summed E-state index contributed by atoms with van der Waals surface area (Å²) in [6.45, 7) is -0.144. The third-order valence-electron chi connectivity index (χ3n) is 3.07. The summed E-state index contributed by atoms with van der Waals surface area (Å²) in [5.74, 6) is -3.22. The second-order valence-corrected chi connectivity index (χ2v) is 4.59. The van der Waals surface area contributed by atoms with Crippen LogP contribution in [0.5, 0.6) is 0 Å². The molecule has 20 heavy (non-hydrogen) atoms. The molecule has 0 saturated carbocycles. The van der Waals surface area contributed by atoms with E-state index in [-0.39, 0.29) is 11.4 Å². The molecule has 4 heteroatoms. The Balaban J connectivity index is 1.83. The van der Waals surface area contributed by atoms with Crippen molar-refractivity contribution in [1.29, 1.82) is 0 Å². The molecule has 106 valence electrons. The van der Waals surface area contributed by atoms with Crippen LogP contribution in [-0.2, 0) is 12.3 Å². The number of nitrogens with one attached hydrogen (secondary N) is 1. The molecule has 0 amide bonds. The van der Waals surface area contributed by atoms with E-state index in [4.69, 9.17) is 0 Å². The van der Waals surface area contributed by atoms with Crippen molar-refractivity contribution in [3.63, 3.8) is 0 Å². The van der Waals surface area contributed by atoms with Crippen molar-refractivity contribution in [3.05, 3.63) is 71.5 Å². The maximum absolute atomic E-state index is 13.8. The van der Waals surface area contributed by atoms with E-state index in [9.17, 15) is 13.2 Å². The molecule has 0 heterocycles. The largest absolute Gasteiger partial charge is 0.311 e. The number of halogens is 3. The summed E-state index contributed by atoms with van der Waals surface area (Å²) in [6, 6.07) is 14.0. The highest BCUT2D eigenvalue weighted by molar-refractivity contribution is 5.20. The summed E-state index contributed by atoms with van der Waals surface area (Å²) in [6.07, 6.45) is 0.386. The first-order valence-corrected chi connectivity index (χ1v) is 6.47. The van der Waals surface area contributed by atoms with Crippen LogP contribution in [0, 0.1) is 5.82 Å². The molecule has 0 aromatic heterocycles. The van der Waals surface area contributed by atoms with Crippen LogP contribution in [0.25, 0.3) is 0 Å². The van der Waals surface area contributed by atoms with E-state index in [1.165, 1.54) is 18.2 Å². The van der Waals surface area contributed by atoms with Gasteiger partial charge < -0.3 is 5.32 Å². The second-order valence-electron chi connectivity index (χ2n) is 4.59. The van der Waals surface area contributed by atoms with Crippen molar-refractivity contribution in [3.8, 4) is 0 Å². The molecule has 2 aromatic rings. The van der Waals surface area contributed by atoms with Crippen molar-refractivity contribution in [2.45, 2.75) is 12.3 Å². The number of hydrogen-bond donors (Lipinski definition) is 1.